The molecule has 1 aliphatic heterocycles. The fourth-order valence-electron chi connectivity index (χ4n) is 2.10. The van der Waals surface area contributed by atoms with Gasteiger partial charge < -0.3 is 15.0 Å². The molecule has 19 heavy (non-hydrogen) atoms. The molecular weight excluding hydrogens is 308 g/mol. The lowest BCUT2D eigenvalue weighted by molar-refractivity contribution is -0.116. The van der Waals surface area contributed by atoms with Crippen molar-refractivity contribution in [1.82, 2.24) is 0 Å². The van der Waals surface area contributed by atoms with Crippen molar-refractivity contribution in [2.75, 3.05) is 36.5 Å². The van der Waals surface area contributed by atoms with E-state index in [9.17, 15) is 4.79 Å². The Balaban J connectivity index is 2.06. The van der Waals surface area contributed by atoms with Gasteiger partial charge in [0.15, 0.2) is 0 Å². The number of hydrogen-bond acceptors (Lipinski definition) is 3. The molecule has 0 spiro atoms. The van der Waals surface area contributed by atoms with E-state index >= 15 is 0 Å². The van der Waals surface area contributed by atoms with Crippen molar-refractivity contribution in [3.63, 3.8) is 0 Å². The smallest absolute Gasteiger partial charge is 0.224 e. The molecule has 4 nitrogen and oxygen atoms in total. The Labute approximate surface area is 122 Å². The molecule has 0 aliphatic carbocycles. The molecule has 0 radical (unpaired) electrons. The predicted octanol–water partition coefficient (Wildman–Crippen LogP) is 3.02. The molecule has 5 heteroatoms. The van der Waals surface area contributed by atoms with E-state index in [2.05, 4.69) is 26.1 Å². The molecule has 1 fully saturated rings. The van der Waals surface area contributed by atoms with Crippen LogP contribution in [0.4, 0.5) is 11.4 Å². The number of anilines is 2. The molecule has 104 valence electrons. The van der Waals surface area contributed by atoms with Gasteiger partial charge in [-0.2, -0.15) is 0 Å². The minimum Gasteiger partial charge on any atom is -0.378 e. The largest absolute Gasteiger partial charge is 0.378 e. The van der Waals surface area contributed by atoms with Crippen LogP contribution in [0.25, 0.3) is 0 Å². The van der Waals surface area contributed by atoms with Crippen LogP contribution < -0.4 is 10.2 Å². The van der Waals surface area contributed by atoms with Crippen molar-refractivity contribution >= 4 is 33.2 Å². The Kier molecular flexibility index (Phi) is 5.22. The molecule has 1 aliphatic rings. The van der Waals surface area contributed by atoms with Crippen LogP contribution in [0.3, 0.4) is 0 Å². The number of nitrogens with zero attached hydrogens (tertiary/aromatic N) is 1. The lowest BCUT2D eigenvalue weighted by atomic mass is 10.2. The highest BCUT2D eigenvalue weighted by Gasteiger charge is 2.14. The van der Waals surface area contributed by atoms with Crippen LogP contribution in [0.2, 0.25) is 0 Å². The molecule has 1 amide bonds. The lowest BCUT2D eigenvalue weighted by Crippen LogP contribution is -2.36. The van der Waals surface area contributed by atoms with Gasteiger partial charge in [-0.3, -0.25) is 4.79 Å². The zero-order valence-electron chi connectivity index (χ0n) is 11.1. The Morgan fingerprint density at radius 1 is 1.42 bits per heavy atom. The van der Waals surface area contributed by atoms with Gasteiger partial charge in [0.2, 0.25) is 5.91 Å². The second-order valence-electron chi connectivity index (χ2n) is 4.56. The minimum absolute atomic E-state index is 0.0634. The topological polar surface area (TPSA) is 41.6 Å². The van der Waals surface area contributed by atoms with Crippen molar-refractivity contribution < 1.29 is 9.53 Å². The van der Waals surface area contributed by atoms with Crippen molar-refractivity contribution in [2.24, 2.45) is 0 Å². The van der Waals surface area contributed by atoms with Crippen molar-refractivity contribution in [3.05, 3.63) is 22.7 Å². The lowest BCUT2D eigenvalue weighted by Gasteiger charge is -2.29. The van der Waals surface area contributed by atoms with Crippen LogP contribution in [0.1, 0.15) is 19.8 Å². The van der Waals surface area contributed by atoms with Crippen LogP contribution in [-0.4, -0.2) is 32.2 Å². The average Bonchev–Trinajstić information content (AvgIpc) is 2.40. The minimum atomic E-state index is 0.0634. The van der Waals surface area contributed by atoms with Crippen LogP contribution in [0.15, 0.2) is 22.7 Å². The Morgan fingerprint density at radius 3 is 2.79 bits per heavy atom. The van der Waals surface area contributed by atoms with Gasteiger partial charge in [-0.05, 0) is 40.5 Å². The van der Waals surface area contributed by atoms with Gasteiger partial charge in [-0.25, -0.2) is 0 Å². The number of halogens is 1. The summed E-state index contributed by atoms with van der Waals surface area (Å²) in [6.45, 7) is 5.33. The number of nitrogens with one attached hydrogen (secondary N) is 1. The molecule has 0 atom stereocenters. The van der Waals surface area contributed by atoms with Gasteiger partial charge in [-0.15, -0.1) is 0 Å². The third-order valence-corrected chi connectivity index (χ3v) is 3.70. The number of carbonyl (C=O) groups excluding carboxylic acids is 1. The second kappa shape index (κ2) is 6.91. The van der Waals surface area contributed by atoms with Gasteiger partial charge in [0.05, 0.1) is 18.9 Å². The third kappa shape index (κ3) is 3.94. The summed E-state index contributed by atoms with van der Waals surface area (Å²) in [6, 6.07) is 5.94. The van der Waals surface area contributed by atoms with Crippen LogP contribution >= 0.6 is 15.9 Å². The van der Waals surface area contributed by atoms with E-state index in [4.69, 9.17) is 4.74 Å². The molecule has 0 saturated carbocycles. The summed E-state index contributed by atoms with van der Waals surface area (Å²) in [5, 5.41) is 2.90. The Bertz CT molecular complexity index is 445. The van der Waals surface area contributed by atoms with E-state index in [1.807, 2.05) is 25.1 Å². The number of hydrogen-bond donors (Lipinski definition) is 1. The molecule has 0 aromatic heterocycles. The number of morpholine rings is 1. The van der Waals surface area contributed by atoms with E-state index in [1.54, 1.807) is 0 Å². The number of benzene rings is 1. The van der Waals surface area contributed by atoms with Crippen molar-refractivity contribution in [1.29, 1.82) is 0 Å². The van der Waals surface area contributed by atoms with E-state index in [1.165, 1.54) is 0 Å². The Morgan fingerprint density at radius 2 is 2.16 bits per heavy atom. The summed E-state index contributed by atoms with van der Waals surface area (Å²) >= 11 is 3.58. The van der Waals surface area contributed by atoms with Crippen LogP contribution in [-0.2, 0) is 9.53 Å². The maximum Gasteiger partial charge on any atom is 0.224 e. The second-order valence-corrected chi connectivity index (χ2v) is 5.42. The quantitative estimate of drug-likeness (QED) is 0.924. The van der Waals surface area contributed by atoms with Gasteiger partial charge in [0.1, 0.15) is 0 Å². The molecule has 1 saturated heterocycles. The first-order chi connectivity index (χ1) is 9.20. The SMILES string of the molecule is CCCC(=O)Nc1ccc(N2CCOCC2)c(Br)c1. The monoisotopic (exact) mass is 326 g/mol. The van der Waals surface area contributed by atoms with E-state index in [0.29, 0.717) is 6.42 Å². The van der Waals surface area contributed by atoms with Gasteiger partial charge in [-0.1, -0.05) is 6.92 Å². The highest BCUT2D eigenvalue weighted by Crippen LogP contribution is 2.29. The highest BCUT2D eigenvalue weighted by molar-refractivity contribution is 9.10. The molecule has 1 aromatic carbocycles. The zero-order chi connectivity index (χ0) is 13.7. The first-order valence-electron chi connectivity index (χ1n) is 6.63. The molecule has 1 heterocycles. The zero-order valence-corrected chi connectivity index (χ0v) is 12.7. The normalized spacial score (nSPS) is 15.4. The van der Waals surface area contributed by atoms with Gasteiger partial charge in [0.25, 0.3) is 0 Å². The van der Waals surface area contributed by atoms with Crippen molar-refractivity contribution in [2.45, 2.75) is 19.8 Å². The van der Waals surface area contributed by atoms with E-state index in [-0.39, 0.29) is 5.91 Å². The van der Waals surface area contributed by atoms with Crippen molar-refractivity contribution in [3.8, 4) is 0 Å². The van der Waals surface area contributed by atoms with Crippen LogP contribution in [0, 0.1) is 0 Å². The predicted molar refractivity (Wildman–Crippen MR) is 80.7 cm³/mol. The fraction of sp³-hybridized carbons (Fsp3) is 0.500. The first-order valence-corrected chi connectivity index (χ1v) is 7.42. The Hall–Kier alpha value is -1.07. The van der Waals surface area contributed by atoms with Gasteiger partial charge >= 0.3 is 0 Å². The number of amides is 1. The highest BCUT2D eigenvalue weighted by atomic mass is 79.9. The summed E-state index contributed by atoms with van der Waals surface area (Å²) in [4.78, 5) is 13.8. The molecule has 0 bridgehead atoms. The fourth-order valence-corrected chi connectivity index (χ4v) is 2.73. The summed E-state index contributed by atoms with van der Waals surface area (Å²) in [6.07, 6.45) is 1.42. The maximum absolute atomic E-state index is 11.6. The van der Waals surface area contributed by atoms with E-state index in [0.717, 1.165) is 48.6 Å². The summed E-state index contributed by atoms with van der Waals surface area (Å²) in [7, 11) is 0. The first kappa shape index (κ1) is 14.3. The number of ether oxygens (including phenoxy) is 1. The molecular formula is C14H19BrN2O2. The molecule has 1 N–H and O–H groups in total. The van der Waals surface area contributed by atoms with Gasteiger partial charge in [0, 0.05) is 29.7 Å². The molecule has 1 aromatic rings. The summed E-state index contributed by atoms with van der Waals surface area (Å²) < 4.78 is 6.35. The maximum atomic E-state index is 11.6. The number of rotatable bonds is 4. The third-order valence-electron chi connectivity index (χ3n) is 3.06. The number of carbonyl (C=O) groups is 1. The molecule has 0 unspecified atom stereocenters. The molecule has 2 rings (SSSR count). The van der Waals surface area contributed by atoms with E-state index < -0.39 is 0 Å². The standard InChI is InChI=1S/C14H19BrN2O2/c1-2-3-14(18)16-11-4-5-13(12(15)10-11)17-6-8-19-9-7-17/h4-5,10H,2-3,6-9H2,1H3,(H,16,18). The summed E-state index contributed by atoms with van der Waals surface area (Å²) in [5.41, 5.74) is 1.99. The summed E-state index contributed by atoms with van der Waals surface area (Å²) in [5.74, 6) is 0.0634. The van der Waals surface area contributed by atoms with Crippen LogP contribution in [0.5, 0.6) is 0 Å². The average molecular weight is 327 g/mol.